The highest BCUT2D eigenvalue weighted by Gasteiger charge is 2.38. The van der Waals surface area contributed by atoms with Crippen molar-refractivity contribution in [3.05, 3.63) is 60.2 Å². The van der Waals surface area contributed by atoms with Crippen LogP contribution >= 0.6 is 11.8 Å². The maximum absolute atomic E-state index is 12.4. The number of aldehydes is 1. The van der Waals surface area contributed by atoms with Gasteiger partial charge in [-0.2, -0.15) is 11.8 Å². The van der Waals surface area contributed by atoms with Crippen molar-refractivity contribution in [3.8, 4) is 0 Å². The molecule has 0 saturated heterocycles. The number of benzene rings is 1. The molecule has 220 valence electrons. The van der Waals surface area contributed by atoms with Crippen LogP contribution in [0.2, 0.25) is 0 Å². The summed E-state index contributed by atoms with van der Waals surface area (Å²) in [5, 5.41) is 30.7. The minimum Gasteiger partial charge on any atom is -0.469 e. The summed E-state index contributed by atoms with van der Waals surface area (Å²) in [6, 6.07) is 6.55. The molecule has 0 spiro atoms. The molecular weight excluding hydrogens is 568 g/mol. The average molecular weight is 592 g/mol. The molecule has 1 aromatic rings. The smallest absolute Gasteiger partial charge is 0.375 e. The third kappa shape index (κ3) is 11.8. The molecule has 0 bridgehead atoms. The molecular formula is C20H24N4O15S. The largest absolute Gasteiger partial charge is 0.469 e. The number of para-hydroxylation sites is 1. The molecule has 0 aromatic heterocycles. The van der Waals surface area contributed by atoms with Crippen molar-refractivity contribution in [2.24, 2.45) is 5.41 Å². The van der Waals surface area contributed by atoms with E-state index in [2.05, 4.69) is 19.8 Å². The molecule has 0 fully saturated rings. The van der Waals surface area contributed by atoms with E-state index < -0.39 is 76.5 Å². The number of Topliss-reactive ketones (excluding diaryl/α,β-unsaturated/α-hetero) is 1. The molecule has 1 atom stereocenters. The number of esters is 2. The molecule has 0 radical (unpaired) electrons. The van der Waals surface area contributed by atoms with Crippen LogP contribution in [0.1, 0.15) is 11.5 Å². The molecule has 0 heterocycles. The van der Waals surface area contributed by atoms with Crippen LogP contribution in [-0.4, -0.2) is 90.9 Å². The molecule has 0 saturated carbocycles. The first-order valence-corrected chi connectivity index (χ1v) is 12.0. The molecule has 0 aliphatic carbocycles. The second kappa shape index (κ2) is 17.0. The molecule has 20 heteroatoms. The maximum Gasteiger partial charge on any atom is 0.375 e. The van der Waals surface area contributed by atoms with Gasteiger partial charge in [-0.25, -0.2) is 4.79 Å². The van der Waals surface area contributed by atoms with Gasteiger partial charge >= 0.3 is 11.9 Å². The Labute approximate surface area is 228 Å². The van der Waals surface area contributed by atoms with Gasteiger partial charge in [0.05, 0.1) is 30.7 Å². The quantitative estimate of drug-likeness (QED) is 0.0648. The normalized spacial score (nSPS) is 11.3. The van der Waals surface area contributed by atoms with Crippen molar-refractivity contribution in [3.63, 3.8) is 0 Å². The molecule has 1 rings (SSSR count). The van der Waals surface area contributed by atoms with Crippen LogP contribution in [-0.2, 0) is 43.2 Å². The zero-order valence-electron chi connectivity index (χ0n) is 20.8. The number of hydrogen-bond donors (Lipinski definition) is 1. The number of hydrogen-bond acceptors (Lipinski definition) is 17. The number of carbonyl (C=O) groups excluding carboxylic acids is 4. The first-order chi connectivity index (χ1) is 18.9. The number of methoxy groups -OCH3 is 1. The number of anilines is 1. The first-order valence-electron chi connectivity index (χ1n) is 10.9. The second-order valence-electron chi connectivity index (χ2n) is 7.72. The minimum absolute atomic E-state index is 0.0318. The summed E-state index contributed by atoms with van der Waals surface area (Å²) < 4.78 is 9.62. The highest BCUT2D eigenvalue weighted by Crippen LogP contribution is 2.29. The number of ether oxygens (including phenoxy) is 2. The fraction of sp³-hybridized carbons (Fsp3) is 0.500. The number of carbonyl (C=O) groups is 4. The van der Waals surface area contributed by atoms with Crippen LogP contribution < -0.4 is 5.32 Å². The molecule has 1 aromatic carbocycles. The summed E-state index contributed by atoms with van der Waals surface area (Å²) in [7, 11) is 1.16. The van der Waals surface area contributed by atoms with Gasteiger partial charge in [-0.1, -0.05) is 18.2 Å². The Morgan fingerprint density at radius 3 is 2.02 bits per heavy atom. The summed E-state index contributed by atoms with van der Waals surface area (Å²) in [5.41, 5.74) is -1.19. The van der Waals surface area contributed by atoms with Crippen molar-refractivity contribution >= 4 is 41.5 Å². The Bertz CT molecular complexity index is 1040. The molecule has 0 amide bonds. The number of nitrogens with zero attached hydrogens (tertiary/aromatic N) is 3. The van der Waals surface area contributed by atoms with Gasteiger partial charge < -0.3 is 34.1 Å². The van der Waals surface area contributed by atoms with E-state index >= 15 is 0 Å². The second-order valence-corrected chi connectivity index (χ2v) is 8.75. The molecule has 0 aliphatic rings. The molecule has 1 N–H and O–H groups in total. The first kappa shape index (κ1) is 33.3. The molecule has 0 aliphatic heterocycles. The summed E-state index contributed by atoms with van der Waals surface area (Å²) in [4.78, 5) is 91.9. The summed E-state index contributed by atoms with van der Waals surface area (Å²) in [6.07, 6.45) is 0.619. The minimum atomic E-state index is -2.12. The molecule has 1 unspecified atom stereocenters. The lowest BCUT2D eigenvalue weighted by atomic mass is 9.92. The zero-order valence-corrected chi connectivity index (χ0v) is 21.6. The lowest BCUT2D eigenvalue weighted by molar-refractivity contribution is -0.782. The van der Waals surface area contributed by atoms with Crippen molar-refractivity contribution in [1.29, 1.82) is 0 Å². The van der Waals surface area contributed by atoms with E-state index in [1.807, 2.05) is 0 Å². The van der Waals surface area contributed by atoms with E-state index in [0.717, 1.165) is 18.9 Å². The standard InChI is InChI=1S/C20H24N4O15S/c1-35-18(27)15(14-4-2-3-5-16(14)21-6-7-25)8-40-9-17(26)19(28)36-10-20(11-37-22(29)30,12-38-23(31)32)13-39-24(33)34/h2-5,7,15,21H,6,8-13H2,1H3. The maximum atomic E-state index is 12.4. The van der Waals surface area contributed by atoms with E-state index in [1.54, 1.807) is 24.3 Å². The van der Waals surface area contributed by atoms with Crippen molar-refractivity contribution in [1.82, 2.24) is 0 Å². The van der Waals surface area contributed by atoms with Gasteiger partial charge in [0.25, 0.3) is 15.3 Å². The van der Waals surface area contributed by atoms with Crippen LogP contribution in [0.3, 0.4) is 0 Å². The van der Waals surface area contributed by atoms with Gasteiger partial charge in [0.1, 0.15) is 32.7 Å². The van der Waals surface area contributed by atoms with Gasteiger partial charge in [-0.15, -0.1) is 30.3 Å². The van der Waals surface area contributed by atoms with Gasteiger partial charge in [0, 0.05) is 11.4 Å². The highest BCUT2D eigenvalue weighted by molar-refractivity contribution is 8.00. The van der Waals surface area contributed by atoms with E-state index in [1.165, 1.54) is 0 Å². The lowest BCUT2D eigenvalue weighted by Gasteiger charge is -2.29. The molecule has 40 heavy (non-hydrogen) atoms. The van der Waals surface area contributed by atoms with E-state index in [-0.39, 0.29) is 12.3 Å². The van der Waals surface area contributed by atoms with Crippen LogP contribution in [0, 0.1) is 35.8 Å². The Morgan fingerprint density at radius 2 is 1.52 bits per heavy atom. The summed E-state index contributed by atoms with van der Waals surface area (Å²) in [5.74, 6) is -4.72. The predicted octanol–water partition coefficient (Wildman–Crippen LogP) is 0.0108. The molecule has 19 nitrogen and oxygen atoms in total. The number of thioether (sulfide) groups is 1. The fourth-order valence-corrected chi connectivity index (χ4v) is 3.96. The van der Waals surface area contributed by atoms with Crippen LogP contribution in [0.5, 0.6) is 0 Å². The van der Waals surface area contributed by atoms with Crippen molar-refractivity contribution in [2.75, 3.05) is 56.9 Å². The van der Waals surface area contributed by atoms with E-state index in [4.69, 9.17) is 9.47 Å². The Kier molecular flexibility index (Phi) is 14.1. The number of ketones is 1. The van der Waals surface area contributed by atoms with Crippen LogP contribution in [0.25, 0.3) is 0 Å². The van der Waals surface area contributed by atoms with E-state index in [9.17, 15) is 49.5 Å². The number of rotatable bonds is 21. The summed E-state index contributed by atoms with van der Waals surface area (Å²) in [6.45, 7) is -4.32. The van der Waals surface area contributed by atoms with Crippen molar-refractivity contribution in [2.45, 2.75) is 5.92 Å². The monoisotopic (exact) mass is 592 g/mol. The van der Waals surface area contributed by atoms with Gasteiger partial charge in [-0.3, -0.25) is 9.59 Å². The Hall–Kier alpha value is -4.75. The van der Waals surface area contributed by atoms with Crippen LogP contribution in [0.4, 0.5) is 5.69 Å². The van der Waals surface area contributed by atoms with Crippen molar-refractivity contribution < 1.29 is 58.4 Å². The lowest BCUT2D eigenvalue weighted by Crippen LogP contribution is -2.44. The third-order valence-electron chi connectivity index (χ3n) is 4.88. The topological polar surface area (TPSA) is 256 Å². The Balaban J connectivity index is 2.90. The van der Waals surface area contributed by atoms with Gasteiger partial charge in [0.15, 0.2) is 0 Å². The van der Waals surface area contributed by atoms with Gasteiger partial charge in [0.2, 0.25) is 5.78 Å². The average Bonchev–Trinajstić information content (AvgIpc) is 2.92. The van der Waals surface area contributed by atoms with Gasteiger partial charge in [-0.05, 0) is 11.6 Å². The third-order valence-corrected chi connectivity index (χ3v) is 5.92. The summed E-state index contributed by atoms with van der Waals surface area (Å²) >= 11 is 0.854. The highest BCUT2D eigenvalue weighted by atomic mass is 32.2. The SMILES string of the molecule is COC(=O)C(CSCC(=O)C(=O)OCC(CO[N+](=O)[O-])(CO[N+](=O)[O-])CO[N+](=O)[O-])c1ccccc1NCC=O. The number of nitrogens with one attached hydrogen (secondary N) is 1. The predicted molar refractivity (Wildman–Crippen MR) is 130 cm³/mol. The van der Waals surface area contributed by atoms with Crippen LogP contribution in [0.15, 0.2) is 24.3 Å². The Morgan fingerprint density at radius 1 is 0.975 bits per heavy atom. The van der Waals surface area contributed by atoms with E-state index in [0.29, 0.717) is 17.5 Å². The fourth-order valence-electron chi connectivity index (χ4n) is 2.99. The zero-order chi connectivity index (χ0) is 30.1.